The zero-order valence-electron chi connectivity index (χ0n) is 49.6. The molecular weight excluding hydrogens is 1130 g/mol. The van der Waals surface area contributed by atoms with Crippen molar-refractivity contribution >= 4 is 67.5 Å². The lowest BCUT2D eigenvalue weighted by atomic mass is 9.78. The van der Waals surface area contributed by atoms with Gasteiger partial charge in [0.25, 0.3) is 17.6 Å². The fourth-order valence-corrected chi connectivity index (χ4v) is 11.2. The van der Waals surface area contributed by atoms with E-state index < -0.39 is 98.6 Å². The van der Waals surface area contributed by atoms with Gasteiger partial charge in [-0.2, -0.15) is 5.10 Å². The molecule has 4 aliphatic heterocycles. The molecule has 4 aliphatic rings. The van der Waals surface area contributed by atoms with Crippen LogP contribution in [0.2, 0.25) is 0 Å². The zero-order valence-corrected chi connectivity index (χ0v) is 50.4. The second-order valence-corrected chi connectivity index (χ2v) is 23.4. The summed E-state index contributed by atoms with van der Waals surface area (Å²) >= 11 is 0. The number of nitrogens with one attached hydrogen (secondary N) is 2. The number of carbonyl (C=O) groups is 4. The molecule has 9 rings (SSSR count). The van der Waals surface area contributed by atoms with Crippen LogP contribution in [0, 0.1) is 30.6 Å². The number of allylic oxidation sites excluding steroid dienone is 2. The van der Waals surface area contributed by atoms with E-state index in [0.717, 1.165) is 13.1 Å². The number of aromatic hydroxyl groups is 3. The number of phenols is 3. The molecule has 9 atom stereocenters. The van der Waals surface area contributed by atoms with E-state index >= 15 is 0 Å². The molecule has 1 saturated heterocycles. The van der Waals surface area contributed by atoms with Crippen LogP contribution in [0.5, 0.6) is 23.0 Å². The van der Waals surface area contributed by atoms with Crippen LogP contribution >= 0.6 is 0 Å². The monoisotopic (exact) mass is 1210 g/mol. The quantitative estimate of drug-likeness (QED) is 0.0136. The average Bonchev–Trinajstić information content (AvgIpc) is 1.44. The lowest BCUT2D eigenvalue weighted by molar-refractivity contribution is -0.160. The number of Topliss-reactive ketones (excluding diaryl/α,β-unsaturated/α-hetero) is 1. The molecule has 25 heteroatoms. The van der Waals surface area contributed by atoms with E-state index in [1.165, 1.54) is 96.1 Å². The normalized spacial score (nSPS) is 25.3. The molecule has 0 radical (unpaired) electrons. The summed E-state index contributed by atoms with van der Waals surface area (Å²) in [5, 5.41) is 66.8. The minimum atomic E-state index is -3.48. The number of aliphatic hydroxyl groups is 2. The zero-order chi connectivity index (χ0) is 63.5. The van der Waals surface area contributed by atoms with Crippen LogP contribution in [-0.4, -0.2) is 149 Å². The Labute approximate surface area is 499 Å². The molecule has 5 aromatic rings. The fraction of sp³-hybridized carbons (Fsp3) is 0.377. The Morgan fingerprint density at radius 2 is 1.42 bits per heavy atom. The highest BCUT2D eigenvalue weighted by Gasteiger charge is 2.50. The predicted molar refractivity (Wildman–Crippen MR) is 324 cm³/mol. The number of carbonyl (C=O) groups excluding carboxylic acids is 4. The number of anilines is 3. The number of esters is 1. The van der Waals surface area contributed by atoms with E-state index in [-0.39, 0.29) is 60.2 Å². The smallest absolute Gasteiger partial charge is 0.312 e. The first-order valence-corrected chi connectivity index (χ1v) is 29.0. The number of hydrogen-bond donors (Lipinski definition) is 10. The number of amides is 2. The molecule has 2 amide bonds. The molecule has 24 nitrogen and oxygen atoms in total. The molecule has 1 aromatic heterocycles. The second-order valence-electron chi connectivity index (χ2n) is 21.5. The number of rotatable bonds is 7. The molecule has 5 heterocycles. The number of ether oxygens (including phenoxy) is 4. The lowest BCUT2D eigenvalue weighted by Gasteiger charge is -2.38. The van der Waals surface area contributed by atoms with Crippen molar-refractivity contribution in [3.63, 3.8) is 0 Å². The van der Waals surface area contributed by atoms with Crippen LogP contribution < -0.4 is 32.8 Å². The molecule has 462 valence electrons. The summed E-state index contributed by atoms with van der Waals surface area (Å²) in [5.41, 5.74) is 14.3. The van der Waals surface area contributed by atoms with Crippen molar-refractivity contribution in [3.8, 4) is 23.0 Å². The Kier molecular flexibility index (Phi) is 22.1. The number of nitrogen functional groups attached to an aromatic ring is 3. The number of fused-ring (bicyclic) bond motifs is 14. The number of likely N-dealkylation sites (N-methyl/N-ethyl adjacent to an activating group) is 1. The molecule has 4 aromatic carbocycles. The number of methoxy groups -OCH3 is 1. The highest BCUT2D eigenvalue weighted by molar-refractivity contribution is 7.91. The summed E-state index contributed by atoms with van der Waals surface area (Å²) in [6, 6.07) is 15.4. The van der Waals surface area contributed by atoms with Gasteiger partial charge in [0, 0.05) is 117 Å². The molecule has 0 aliphatic carbocycles. The second kappa shape index (κ2) is 28.5. The topological polar surface area (TPSA) is 374 Å². The van der Waals surface area contributed by atoms with Gasteiger partial charge in [-0.05, 0) is 87.6 Å². The number of aliphatic hydroxyl groups excluding tert-OH is 2. The van der Waals surface area contributed by atoms with Crippen LogP contribution in [0.15, 0.2) is 124 Å². The first-order valence-electron chi connectivity index (χ1n) is 27.5. The Hall–Kier alpha value is -8.59. The lowest BCUT2D eigenvalue weighted by Crippen LogP contribution is -2.46. The summed E-state index contributed by atoms with van der Waals surface area (Å²) in [7, 11) is -0.0630. The summed E-state index contributed by atoms with van der Waals surface area (Å²) in [6.45, 7) is 15.1. The van der Waals surface area contributed by atoms with Crippen LogP contribution in [0.25, 0.3) is 10.8 Å². The number of hydrazone groups is 1. The van der Waals surface area contributed by atoms with E-state index in [1.807, 2.05) is 12.5 Å². The Morgan fingerprint density at radius 1 is 0.837 bits per heavy atom. The summed E-state index contributed by atoms with van der Waals surface area (Å²) in [6.07, 6.45) is 7.93. The van der Waals surface area contributed by atoms with Gasteiger partial charge in [-0.1, -0.05) is 45.9 Å². The van der Waals surface area contributed by atoms with Crippen molar-refractivity contribution < 1.29 is 72.1 Å². The predicted octanol–water partition coefficient (Wildman–Crippen LogP) is 5.70. The van der Waals surface area contributed by atoms with Crippen molar-refractivity contribution in [2.75, 3.05) is 57.1 Å². The maximum atomic E-state index is 14.4. The van der Waals surface area contributed by atoms with Gasteiger partial charge in [-0.3, -0.25) is 34.6 Å². The molecule has 5 bridgehead atoms. The van der Waals surface area contributed by atoms with E-state index in [2.05, 4.69) is 20.3 Å². The number of sulfone groups is 1. The molecule has 0 spiro atoms. The van der Waals surface area contributed by atoms with Gasteiger partial charge in [0.05, 0.1) is 62.8 Å². The third kappa shape index (κ3) is 15.1. The number of aromatic nitrogens is 1. The third-order valence-electron chi connectivity index (χ3n) is 15.3. The maximum absolute atomic E-state index is 14.4. The summed E-state index contributed by atoms with van der Waals surface area (Å²) in [4.78, 5) is 57.6. The van der Waals surface area contributed by atoms with Crippen molar-refractivity contribution in [1.29, 1.82) is 0 Å². The number of pyridine rings is 1. The van der Waals surface area contributed by atoms with Gasteiger partial charge in [0.1, 0.15) is 23.4 Å². The van der Waals surface area contributed by atoms with Crippen LogP contribution in [0.3, 0.4) is 0 Å². The highest BCUT2D eigenvalue weighted by Crippen LogP contribution is 2.55. The standard InChI is InChI=1S/C43H58N4O12.C12H12N2O2S.C6H7N3O/c1-21-12-11-13-22(2)42(55)45-33-28(20-44-47-17-15-46(9)16-18-47)37(52)30-31(38(33)53)36(51)26(6)40-32(30)41(54)43(8,59-40)57-19-14-29(56-10)23(3)39(58-27(7)48)25(5)35(50)24(4)34(21)49;13-9-1-5-11(6-2-9)17(15,16)12-7-3-10(14)4-8-12;7-9-6(10)5-1-3-8-4-2-5/h11-14,19-21,23-25,29,34-35,39,49-53H,15-18H2,1-10H3,(H,45,55);1-8H,13-14H2;1-4H,7H2,(H,9,10)/b12-11+,19-14+,22-13-,44-20-;;/t21-,23+,24+,25+,29-,34-,35+,39+,43-;;/m0../s1. The van der Waals surface area contributed by atoms with Crippen molar-refractivity contribution in [2.24, 2.45) is 34.6 Å². The van der Waals surface area contributed by atoms with Crippen LogP contribution in [0.1, 0.15) is 80.3 Å². The van der Waals surface area contributed by atoms with Gasteiger partial charge in [-0.15, -0.1) is 0 Å². The number of nitrogens with zero attached hydrogens (tertiary/aromatic N) is 4. The van der Waals surface area contributed by atoms with Crippen LogP contribution in [0.4, 0.5) is 17.1 Å². The SMILES string of the molecule is CO[C@H]1/C=C/O[C@@]2(C)Oc3c(C)c(O)c4c(O)c(c(/C=N\N5CCN(C)CC5)c(O)c4c3C2=O)NC(=O)/C(C)=C\C=C\[C@H](C)[C@H](O)[C@@H](C)[C@@H](O)[C@@H](C)[C@H](OC(C)=O)[C@@H]1C.NNC(=O)c1ccncc1.Nc1ccc(S(=O)(=O)c2ccc(N)cc2)cc1. The molecule has 0 saturated carbocycles. The number of hydrazine groups is 1. The van der Waals surface area contributed by atoms with Crippen LogP contribution in [-0.2, 0) is 33.6 Å². The van der Waals surface area contributed by atoms with E-state index in [1.54, 1.807) is 81.3 Å². The van der Waals surface area contributed by atoms with Gasteiger partial charge >= 0.3 is 11.8 Å². The fourth-order valence-electron chi connectivity index (χ4n) is 9.94. The van der Waals surface area contributed by atoms with Crippen molar-refractivity contribution in [2.45, 2.75) is 95.4 Å². The minimum absolute atomic E-state index is 0.0559. The largest absolute Gasteiger partial charge is 0.507 e. The van der Waals surface area contributed by atoms with Crippen molar-refractivity contribution in [1.82, 2.24) is 20.3 Å². The average molecular weight is 1210 g/mol. The highest BCUT2D eigenvalue weighted by atomic mass is 32.2. The third-order valence-corrected chi connectivity index (χ3v) is 17.1. The Bertz CT molecular complexity index is 3450. The van der Waals surface area contributed by atoms with Gasteiger partial charge < -0.3 is 66.2 Å². The molecule has 1 fully saturated rings. The van der Waals surface area contributed by atoms with E-state index in [9.17, 15) is 53.1 Å². The first-order chi connectivity index (χ1) is 40.6. The van der Waals surface area contributed by atoms with Gasteiger partial charge in [0.15, 0.2) is 5.75 Å². The number of hydrogen-bond acceptors (Lipinski definition) is 22. The minimum Gasteiger partial charge on any atom is -0.507 e. The molecular formula is C61H77N9O15S. The molecule has 13 N–H and O–H groups in total. The van der Waals surface area contributed by atoms with Crippen molar-refractivity contribution in [3.05, 3.63) is 131 Å². The van der Waals surface area contributed by atoms with Gasteiger partial charge in [-0.25, -0.2) is 14.3 Å². The van der Waals surface area contributed by atoms with Gasteiger partial charge in [0.2, 0.25) is 9.84 Å². The number of ketones is 1. The summed E-state index contributed by atoms with van der Waals surface area (Å²) < 4.78 is 47.9. The first kappa shape index (κ1) is 66.5. The van der Waals surface area contributed by atoms with E-state index in [4.69, 9.17) is 36.3 Å². The summed E-state index contributed by atoms with van der Waals surface area (Å²) in [5.74, 6) is -3.76. The number of phenolic OH excluding ortho intramolecular Hbond substituents is 3. The number of piperazine rings is 1. The Morgan fingerprint density at radius 3 is 1.97 bits per heavy atom. The van der Waals surface area contributed by atoms with E-state index in [0.29, 0.717) is 30.0 Å². The Balaban J connectivity index is 0.000000354. The number of nitrogens with two attached hydrogens (primary N) is 3. The molecule has 0 unspecified atom stereocenters. The number of benzene rings is 4. The maximum Gasteiger partial charge on any atom is 0.312 e. The molecule has 86 heavy (non-hydrogen) atoms.